The number of nitrogens with zero attached hydrogens (tertiary/aromatic N) is 2. The molecule has 124 valence electrons. The summed E-state index contributed by atoms with van der Waals surface area (Å²) in [4.78, 5) is 18.7. The van der Waals surface area contributed by atoms with E-state index in [0.717, 1.165) is 37.1 Å². The van der Waals surface area contributed by atoms with Gasteiger partial charge in [0, 0.05) is 25.4 Å². The molecule has 2 atom stereocenters. The maximum Gasteiger partial charge on any atom is 0.242 e. The standard InChI is InChI=1S/C19H20FN3O/c1-23-11-9-19(18(23)24)8-6-16(22-19)17-12-13(7-10-21-17)14-4-2-3-5-15(14)20/h2-5,7,10,12,16,22H,6,8-9,11H2,1H3/t16-,19+/m1/s1. The predicted molar refractivity (Wildman–Crippen MR) is 89.7 cm³/mol. The summed E-state index contributed by atoms with van der Waals surface area (Å²) in [5.41, 5.74) is 1.82. The molecule has 1 aromatic carbocycles. The van der Waals surface area contributed by atoms with E-state index in [9.17, 15) is 9.18 Å². The average molecular weight is 325 g/mol. The molecule has 0 radical (unpaired) electrons. The number of likely N-dealkylation sites (tertiary alicyclic amines) is 1. The Balaban J connectivity index is 1.62. The third-order valence-corrected chi connectivity index (χ3v) is 5.26. The Morgan fingerprint density at radius 1 is 1.29 bits per heavy atom. The van der Waals surface area contributed by atoms with Crippen LogP contribution in [-0.4, -0.2) is 34.9 Å². The Bertz CT molecular complexity index is 794. The fourth-order valence-corrected chi connectivity index (χ4v) is 3.89. The minimum absolute atomic E-state index is 0.0344. The van der Waals surface area contributed by atoms with Gasteiger partial charge in [-0.3, -0.25) is 15.1 Å². The van der Waals surface area contributed by atoms with Crippen molar-refractivity contribution in [2.45, 2.75) is 30.8 Å². The smallest absolute Gasteiger partial charge is 0.242 e. The van der Waals surface area contributed by atoms with Crippen LogP contribution >= 0.6 is 0 Å². The van der Waals surface area contributed by atoms with E-state index in [4.69, 9.17) is 0 Å². The molecule has 1 N–H and O–H groups in total. The molecule has 4 rings (SSSR count). The molecule has 0 bridgehead atoms. The molecule has 0 aliphatic carbocycles. The van der Waals surface area contributed by atoms with Gasteiger partial charge >= 0.3 is 0 Å². The molecule has 2 aliphatic rings. The zero-order chi connectivity index (χ0) is 16.7. The van der Waals surface area contributed by atoms with Gasteiger partial charge in [0.15, 0.2) is 0 Å². The molecule has 0 saturated carbocycles. The molecular weight excluding hydrogens is 305 g/mol. The van der Waals surface area contributed by atoms with E-state index < -0.39 is 5.54 Å². The second-order valence-electron chi connectivity index (χ2n) is 6.74. The predicted octanol–water partition coefficient (Wildman–Crippen LogP) is 2.91. The number of benzene rings is 1. The molecule has 1 aromatic heterocycles. The minimum Gasteiger partial charge on any atom is -0.344 e. The van der Waals surface area contributed by atoms with Crippen molar-refractivity contribution < 1.29 is 9.18 Å². The van der Waals surface area contributed by atoms with Gasteiger partial charge in [-0.1, -0.05) is 18.2 Å². The maximum absolute atomic E-state index is 14.0. The number of hydrogen-bond acceptors (Lipinski definition) is 3. The molecule has 2 fully saturated rings. The number of aromatic nitrogens is 1. The van der Waals surface area contributed by atoms with Gasteiger partial charge in [0.05, 0.1) is 11.7 Å². The monoisotopic (exact) mass is 325 g/mol. The van der Waals surface area contributed by atoms with Gasteiger partial charge in [0.1, 0.15) is 11.4 Å². The molecule has 0 unspecified atom stereocenters. The van der Waals surface area contributed by atoms with Crippen LogP contribution in [0.2, 0.25) is 0 Å². The van der Waals surface area contributed by atoms with E-state index in [2.05, 4.69) is 10.3 Å². The minimum atomic E-state index is -0.435. The summed E-state index contributed by atoms with van der Waals surface area (Å²) in [5, 5.41) is 3.51. The van der Waals surface area contributed by atoms with Crippen LogP contribution in [0.25, 0.3) is 11.1 Å². The second-order valence-corrected chi connectivity index (χ2v) is 6.74. The number of rotatable bonds is 2. The van der Waals surface area contributed by atoms with E-state index in [1.165, 1.54) is 6.07 Å². The summed E-state index contributed by atoms with van der Waals surface area (Å²) in [6.07, 6.45) is 4.25. The summed E-state index contributed by atoms with van der Waals surface area (Å²) in [5.74, 6) is -0.0617. The number of carbonyl (C=O) groups excluding carboxylic acids is 1. The Labute approximate surface area is 140 Å². The van der Waals surface area contributed by atoms with Crippen LogP contribution < -0.4 is 5.32 Å². The molecule has 2 aromatic rings. The highest BCUT2D eigenvalue weighted by Gasteiger charge is 2.50. The van der Waals surface area contributed by atoms with Crippen LogP contribution in [0.1, 0.15) is 31.0 Å². The molecule has 1 amide bonds. The number of amides is 1. The van der Waals surface area contributed by atoms with E-state index in [1.807, 2.05) is 25.2 Å². The Morgan fingerprint density at radius 2 is 2.12 bits per heavy atom. The highest BCUT2D eigenvalue weighted by atomic mass is 19.1. The number of halogens is 1. The van der Waals surface area contributed by atoms with Crippen molar-refractivity contribution >= 4 is 5.91 Å². The first-order valence-electron chi connectivity index (χ1n) is 8.33. The Kier molecular flexibility index (Phi) is 3.61. The third kappa shape index (κ3) is 2.40. The highest BCUT2D eigenvalue weighted by molar-refractivity contribution is 5.88. The van der Waals surface area contributed by atoms with Crippen molar-refractivity contribution in [2.24, 2.45) is 0 Å². The van der Waals surface area contributed by atoms with Crippen molar-refractivity contribution in [3.8, 4) is 11.1 Å². The summed E-state index contributed by atoms with van der Waals surface area (Å²) in [7, 11) is 1.85. The van der Waals surface area contributed by atoms with Crippen molar-refractivity contribution in [1.82, 2.24) is 15.2 Å². The van der Waals surface area contributed by atoms with Crippen LogP contribution in [0.5, 0.6) is 0 Å². The fourth-order valence-electron chi connectivity index (χ4n) is 3.89. The summed E-state index contributed by atoms with van der Waals surface area (Å²) in [6.45, 7) is 0.793. The SMILES string of the molecule is CN1CC[C@@]2(CC[C@H](c3cc(-c4ccccc4F)ccn3)N2)C1=O. The first-order valence-corrected chi connectivity index (χ1v) is 8.33. The summed E-state index contributed by atoms with van der Waals surface area (Å²) < 4.78 is 14.0. The van der Waals surface area contributed by atoms with Gasteiger partial charge < -0.3 is 4.90 Å². The molecule has 3 heterocycles. The Hall–Kier alpha value is -2.27. The zero-order valence-electron chi connectivity index (χ0n) is 13.6. The van der Waals surface area contributed by atoms with Crippen LogP contribution in [0.3, 0.4) is 0 Å². The molecule has 2 saturated heterocycles. The molecule has 4 nitrogen and oxygen atoms in total. The topological polar surface area (TPSA) is 45.2 Å². The first kappa shape index (κ1) is 15.3. The summed E-state index contributed by atoms with van der Waals surface area (Å²) >= 11 is 0. The van der Waals surface area contributed by atoms with Gasteiger partial charge in [0.2, 0.25) is 5.91 Å². The lowest BCUT2D eigenvalue weighted by molar-refractivity contribution is -0.131. The van der Waals surface area contributed by atoms with Crippen LogP contribution in [0.15, 0.2) is 42.6 Å². The summed E-state index contributed by atoms with van der Waals surface area (Å²) in [6, 6.07) is 10.5. The largest absolute Gasteiger partial charge is 0.344 e. The Morgan fingerprint density at radius 3 is 2.88 bits per heavy atom. The lowest BCUT2D eigenvalue weighted by atomic mass is 9.96. The number of nitrogens with one attached hydrogen (secondary N) is 1. The van der Waals surface area contributed by atoms with Crippen molar-refractivity contribution in [1.29, 1.82) is 0 Å². The highest BCUT2D eigenvalue weighted by Crippen LogP contribution is 2.39. The zero-order valence-corrected chi connectivity index (χ0v) is 13.6. The number of carbonyl (C=O) groups is 1. The molecule has 1 spiro atoms. The van der Waals surface area contributed by atoms with E-state index in [-0.39, 0.29) is 17.8 Å². The number of pyridine rings is 1. The fraction of sp³-hybridized carbons (Fsp3) is 0.368. The van der Waals surface area contributed by atoms with E-state index in [0.29, 0.717) is 5.56 Å². The molecular formula is C19H20FN3O. The van der Waals surface area contributed by atoms with Crippen LogP contribution in [0.4, 0.5) is 4.39 Å². The molecule has 24 heavy (non-hydrogen) atoms. The lowest BCUT2D eigenvalue weighted by Crippen LogP contribution is -2.47. The van der Waals surface area contributed by atoms with Crippen LogP contribution in [-0.2, 0) is 4.79 Å². The van der Waals surface area contributed by atoms with Crippen molar-refractivity contribution in [2.75, 3.05) is 13.6 Å². The van der Waals surface area contributed by atoms with Crippen molar-refractivity contribution in [3.63, 3.8) is 0 Å². The van der Waals surface area contributed by atoms with Crippen LogP contribution in [0, 0.1) is 5.82 Å². The maximum atomic E-state index is 14.0. The van der Waals surface area contributed by atoms with Gasteiger partial charge in [-0.15, -0.1) is 0 Å². The number of hydrogen-bond donors (Lipinski definition) is 1. The number of likely N-dealkylation sites (N-methyl/N-ethyl adjacent to an activating group) is 1. The third-order valence-electron chi connectivity index (χ3n) is 5.26. The van der Waals surface area contributed by atoms with Crippen molar-refractivity contribution in [3.05, 3.63) is 54.1 Å². The van der Waals surface area contributed by atoms with E-state index in [1.54, 1.807) is 23.2 Å². The quantitative estimate of drug-likeness (QED) is 0.923. The second kappa shape index (κ2) is 5.67. The average Bonchev–Trinajstić information content (AvgIpc) is 3.16. The molecule has 2 aliphatic heterocycles. The molecule has 5 heteroatoms. The van der Waals surface area contributed by atoms with Gasteiger partial charge in [-0.2, -0.15) is 0 Å². The van der Waals surface area contributed by atoms with E-state index >= 15 is 0 Å². The van der Waals surface area contributed by atoms with Gasteiger partial charge in [-0.25, -0.2) is 4.39 Å². The van der Waals surface area contributed by atoms with Gasteiger partial charge in [-0.05, 0) is 43.0 Å². The lowest BCUT2D eigenvalue weighted by Gasteiger charge is -2.23. The normalized spacial score (nSPS) is 26.5. The van der Waals surface area contributed by atoms with Gasteiger partial charge in [0.25, 0.3) is 0 Å². The first-order chi connectivity index (χ1) is 11.6.